The molecular weight excluding hydrogens is 407 g/mol. The van der Waals surface area contributed by atoms with E-state index in [2.05, 4.69) is 26.0 Å². The van der Waals surface area contributed by atoms with Crippen molar-refractivity contribution in [1.82, 2.24) is 14.8 Å². The third-order valence-corrected chi connectivity index (χ3v) is 4.55. The Morgan fingerprint density at radius 3 is 2.31 bits per heavy atom. The van der Waals surface area contributed by atoms with Crippen molar-refractivity contribution in [2.75, 3.05) is 0 Å². The highest BCUT2D eigenvalue weighted by molar-refractivity contribution is 9.10. The molecule has 2 aromatic heterocycles. The quantitative estimate of drug-likeness (QED) is 0.413. The molecule has 4 aromatic rings. The van der Waals surface area contributed by atoms with E-state index in [1.165, 1.54) is 41.2 Å². The zero-order valence-electron chi connectivity index (χ0n) is 13.2. The van der Waals surface area contributed by atoms with Gasteiger partial charge in [-0.1, -0.05) is 28.1 Å². The standard InChI is InChI=1S/C19H11BrF3N3/c20-12-3-1-11(2-4-12)17-9-15(18(22)23)16-10-24-26(19(16)25-17)14-7-5-13(21)6-8-14/h1-10,18H. The van der Waals surface area contributed by atoms with Crippen LogP contribution in [0.5, 0.6) is 0 Å². The summed E-state index contributed by atoms with van der Waals surface area (Å²) in [5.41, 5.74) is 1.84. The van der Waals surface area contributed by atoms with Crippen molar-refractivity contribution in [3.8, 4) is 16.9 Å². The number of nitrogens with zero attached hydrogens (tertiary/aromatic N) is 3. The summed E-state index contributed by atoms with van der Waals surface area (Å²) in [5, 5.41) is 4.45. The summed E-state index contributed by atoms with van der Waals surface area (Å²) in [4.78, 5) is 4.54. The number of pyridine rings is 1. The second-order valence-corrected chi connectivity index (χ2v) is 6.59. The molecule has 0 fully saturated rings. The van der Waals surface area contributed by atoms with Gasteiger partial charge in [0.05, 0.1) is 17.6 Å². The number of aromatic nitrogens is 3. The Bertz CT molecular complexity index is 1070. The first-order valence-corrected chi connectivity index (χ1v) is 8.51. The van der Waals surface area contributed by atoms with Gasteiger partial charge in [-0.05, 0) is 42.5 Å². The fourth-order valence-corrected chi connectivity index (χ4v) is 3.01. The van der Waals surface area contributed by atoms with Crippen LogP contribution in [0.2, 0.25) is 0 Å². The first kappa shape index (κ1) is 16.8. The van der Waals surface area contributed by atoms with Crippen LogP contribution in [0.4, 0.5) is 13.2 Å². The molecule has 0 N–H and O–H groups in total. The molecule has 2 heterocycles. The van der Waals surface area contributed by atoms with Gasteiger partial charge in [0.15, 0.2) is 5.65 Å². The summed E-state index contributed by atoms with van der Waals surface area (Å²) >= 11 is 3.35. The number of alkyl halides is 2. The van der Waals surface area contributed by atoms with Gasteiger partial charge in [0.2, 0.25) is 0 Å². The van der Waals surface area contributed by atoms with Gasteiger partial charge in [0, 0.05) is 21.0 Å². The fourth-order valence-electron chi connectivity index (χ4n) is 2.74. The molecule has 0 saturated carbocycles. The average Bonchev–Trinajstić information content (AvgIpc) is 3.06. The Morgan fingerprint density at radius 2 is 1.65 bits per heavy atom. The van der Waals surface area contributed by atoms with E-state index < -0.39 is 6.43 Å². The molecule has 130 valence electrons. The molecular formula is C19H11BrF3N3. The molecule has 26 heavy (non-hydrogen) atoms. The third kappa shape index (κ3) is 2.99. The van der Waals surface area contributed by atoms with Crippen LogP contribution in [0.1, 0.15) is 12.0 Å². The van der Waals surface area contributed by atoms with E-state index in [9.17, 15) is 13.2 Å². The maximum Gasteiger partial charge on any atom is 0.264 e. The molecule has 0 atom stereocenters. The predicted octanol–water partition coefficient (Wildman–Crippen LogP) is 5.93. The SMILES string of the molecule is Fc1ccc(-n2ncc3c(C(F)F)cc(-c4ccc(Br)cc4)nc32)cc1. The van der Waals surface area contributed by atoms with Gasteiger partial charge >= 0.3 is 0 Å². The van der Waals surface area contributed by atoms with E-state index in [0.29, 0.717) is 22.6 Å². The van der Waals surface area contributed by atoms with Gasteiger partial charge in [0.25, 0.3) is 6.43 Å². The lowest BCUT2D eigenvalue weighted by Gasteiger charge is -2.09. The minimum absolute atomic E-state index is 0.138. The highest BCUT2D eigenvalue weighted by Gasteiger charge is 2.19. The Morgan fingerprint density at radius 1 is 0.962 bits per heavy atom. The maximum atomic E-state index is 13.6. The molecule has 2 aromatic carbocycles. The zero-order valence-corrected chi connectivity index (χ0v) is 14.8. The summed E-state index contributed by atoms with van der Waals surface area (Å²) in [5.74, 6) is -0.387. The Hall–Kier alpha value is -2.67. The minimum atomic E-state index is -2.67. The minimum Gasteiger partial charge on any atom is -0.228 e. The molecule has 0 saturated heterocycles. The number of halogens is 4. The van der Waals surface area contributed by atoms with E-state index in [4.69, 9.17) is 0 Å². The van der Waals surface area contributed by atoms with Crippen molar-refractivity contribution < 1.29 is 13.2 Å². The second kappa shape index (κ2) is 6.57. The first-order chi connectivity index (χ1) is 12.5. The number of hydrogen-bond acceptors (Lipinski definition) is 2. The van der Waals surface area contributed by atoms with Crippen LogP contribution in [-0.4, -0.2) is 14.8 Å². The third-order valence-electron chi connectivity index (χ3n) is 4.02. The lowest BCUT2D eigenvalue weighted by Crippen LogP contribution is -2.00. The second-order valence-electron chi connectivity index (χ2n) is 5.67. The van der Waals surface area contributed by atoms with Gasteiger partial charge in [-0.25, -0.2) is 22.8 Å². The van der Waals surface area contributed by atoms with E-state index >= 15 is 0 Å². The number of rotatable bonds is 3. The van der Waals surface area contributed by atoms with E-state index in [-0.39, 0.29) is 16.8 Å². The topological polar surface area (TPSA) is 30.7 Å². The van der Waals surface area contributed by atoms with Gasteiger partial charge in [-0.2, -0.15) is 5.10 Å². The fraction of sp³-hybridized carbons (Fsp3) is 0.0526. The molecule has 0 unspecified atom stereocenters. The van der Waals surface area contributed by atoms with Gasteiger partial charge in [-0.15, -0.1) is 0 Å². The molecule has 4 rings (SSSR count). The highest BCUT2D eigenvalue weighted by Crippen LogP contribution is 2.32. The lowest BCUT2D eigenvalue weighted by atomic mass is 10.1. The molecule has 7 heteroatoms. The molecule has 0 spiro atoms. The molecule has 0 aliphatic carbocycles. The van der Waals surface area contributed by atoms with Crippen LogP contribution in [0.15, 0.2) is 65.3 Å². The summed E-state index contributed by atoms with van der Waals surface area (Å²) in [6.45, 7) is 0. The number of fused-ring (bicyclic) bond motifs is 1. The van der Waals surface area contributed by atoms with Crippen molar-refractivity contribution in [2.24, 2.45) is 0 Å². The van der Waals surface area contributed by atoms with Gasteiger partial charge in [0.1, 0.15) is 5.82 Å². The molecule has 3 nitrogen and oxygen atoms in total. The summed E-state index contributed by atoms with van der Waals surface area (Å²) in [6, 6.07) is 14.2. The van der Waals surface area contributed by atoms with Crippen LogP contribution < -0.4 is 0 Å². The van der Waals surface area contributed by atoms with Gasteiger partial charge < -0.3 is 0 Å². The van der Waals surface area contributed by atoms with Crippen LogP contribution >= 0.6 is 15.9 Å². The molecule has 0 bridgehead atoms. The lowest BCUT2D eigenvalue weighted by molar-refractivity contribution is 0.153. The summed E-state index contributed by atoms with van der Waals surface area (Å²) < 4.78 is 42.7. The van der Waals surface area contributed by atoms with E-state index in [0.717, 1.165) is 4.47 Å². The van der Waals surface area contributed by atoms with Gasteiger partial charge in [-0.3, -0.25) is 0 Å². The van der Waals surface area contributed by atoms with Crippen LogP contribution in [0.25, 0.3) is 28.0 Å². The van der Waals surface area contributed by atoms with Crippen LogP contribution in [-0.2, 0) is 0 Å². The van der Waals surface area contributed by atoms with Crippen LogP contribution in [0, 0.1) is 5.82 Å². The number of hydrogen-bond donors (Lipinski definition) is 0. The molecule has 0 amide bonds. The largest absolute Gasteiger partial charge is 0.264 e. The number of benzene rings is 2. The Kier molecular flexibility index (Phi) is 4.24. The summed E-state index contributed by atoms with van der Waals surface area (Å²) in [6.07, 6.45) is -1.31. The van der Waals surface area contributed by atoms with Crippen molar-refractivity contribution in [2.45, 2.75) is 6.43 Å². The van der Waals surface area contributed by atoms with Crippen molar-refractivity contribution in [3.63, 3.8) is 0 Å². The molecule has 0 aliphatic rings. The predicted molar refractivity (Wildman–Crippen MR) is 96.9 cm³/mol. The zero-order chi connectivity index (χ0) is 18.3. The van der Waals surface area contributed by atoms with Crippen molar-refractivity contribution in [1.29, 1.82) is 0 Å². The molecule has 0 radical (unpaired) electrons. The van der Waals surface area contributed by atoms with Crippen molar-refractivity contribution in [3.05, 3.63) is 76.6 Å². The average molecular weight is 418 g/mol. The summed E-state index contributed by atoms with van der Waals surface area (Å²) in [7, 11) is 0. The molecule has 0 aliphatic heterocycles. The van der Waals surface area contributed by atoms with Crippen molar-refractivity contribution >= 4 is 27.0 Å². The normalized spacial score (nSPS) is 11.4. The monoisotopic (exact) mass is 417 g/mol. The Labute approximate surface area is 155 Å². The Balaban J connectivity index is 1.96. The van der Waals surface area contributed by atoms with E-state index in [1.54, 1.807) is 12.1 Å². The van der Waals surface area contributed by atoms with E-state index in [1.807, 2.05) is 12.1 Å². The highest BCUT2D eigenvalue weighted by atomic mass is 79.9. The first-order valence-electron chi connectivity index (χ1n) is 7.71. The van der Waals surface area contributed by atoms with Crippen LogP contribution in [0.3, 0.4) is 0 Å². The smallest absolute Gasteiger partial charge is 0.228 e. The maximum absolute atomic E-state index is 13.6.